The summed E-state index contributed by atoms with van der Waals surface area (Å²) in [5, 5.41) is 2.89. The molecule has 218 valence electrons. The summed E-state index contributed by atoms with van der Waals surface area (Å²) in [7, 11) is 0. The van der Waals surface area contributed by atoms with E-state index in [4.69, 9.17) is 18.9 Å². The average molecular weight is 562 g/mol. The molecular weight excluding hydrogens is 522 g/mol. The summed E-state index contributed by atoms with van der Waals surface area (Å²) < 4.78 is 22.3. The fourth-order valence-electron chi connectivity index (χ4n) is 4.46. The molecule has 0 unspecified atom stereocenters. The SMILES string of the molecule is CCOC(=O)c1nccc(COc2ccc(C(C)(C)c3ccc(OC4CC(NC(=O)OC(C)(C)C)C4)cc3)cc2)n1. The van der Waals surface area contributed by atoms with Gasteiger partial charge in [-0.15, -0.1) is 0 Å². The van der Waals surface area contributed by atoms with Gasteiger partial charge in [0.2, 0.25) is 5.82 Å². The van der Waals surface area contributed by atoms with Gasteiger partial charge in [0.1, 0.15) is 29.8 Å². The number of nitrogens with one attached hydrogen (secondary N) is 1. The van der Waals surface area contributed by atoms with Crippen molar-refractivity contribution in [2.24, 2.45) is 0 Å². The lowest BCUT2D eigenvalue weighted by Gasteiger charge is -2.36. The van der Waals surface area contributed by atoms with E-state index < -0.39 is 11.6 Å². The van der Waals surface area contributed by atoms with Gasteiger partial charge in [0.25, 0.3) is 0 Å². The van der Waals surface area contributed by atoms with Gasteiger partial charge < -0.3 is 24.3 Å². The third kappa shape index (κ3) is 8.19. The van der Waals surface area contributed by atoms with Crippen LogP contribution in [0.2, 0.25) is 0 Å². The molecule has 0 aliphatic heterocycles. The molecule has 4 rings (SSSR count). The molecule has 9 nitrogen and oxygen atoms in total. The van der Waals surface area contributed by atoms with Crippen LogP contribution in [-0.4, -0.2) is 46.4 Å². The van der Waals surface area contributed by atoms with Crippen molar-refractivity contribution in [3.05, 3.63) is 83.4 Å². The minimum atomic E-state index is -0.551. The first-order valence-corrected chi connectivity index (χ1v) is 13.9. The van der Waals surface area contributed by atoms with Crippen LogP contribution < -0.4 is 14.8 Å². The number of aromatic nitrogens is 2. The molecule has 1 aliphatic carbocycles. The van der Waals surface area contributed by atoms with Crippen molar-refractivity contribution in [3.63, 3.8) is 0 Å². The highest BCUT2D eigenvalue weighted by Crippen LogP contribution is 2.34. The van der Waals surface area contributed by atoms with E-state index in [9.17, 15) is 9.59 Å². The molecule has 1 fully saturated rings. The highest BCUT2D eigenvalue weighted by Gasteiger charge is 2.33. The van der Waals surface area contributed by atoms with Gasteiger partial charge in [0, 0.05) is 30.5 Å². The van der Waals surface area contributed by atoms with Gasteiger partial charge >= 0.3 is 12.1 Å². The number of alkyl carbamates (subject to hydrolysis) is 1. The molecule has 1 aliphatic rings. The van der Waals surface area contributed by atoms with E-state index in [0.29, 0.717) is 11.4 Å². The van der Waals surface area contributed by atoms with Crippen molar-refractivity contribution in [3.8, 4) is 11.5 Å². The molecule has 3 aromatic rings. The fourth-order valence-corrected chi connectivity index (χ4v) is 4.46. The molecule has 0 spiro atoms. The zero-order chi connectivity index (χ0) is 29.6. The summed E-state index contributed by atoms with van der Waals surface area (Å²) in [6.45, 7) is 12.1. The van der Waals surface area contributed by atoms with E-state index in [2.05, 4.69) is 53.4 Å². The van der Waals surface area contributed by atoms with Gasteiger partial charge in [-0.3, -0.25) is 0 Å². The van der Waals surface area contributed by atoms with Crippen molar-refractivity contribution in [2.45, 2.75) is 84.2 Å². The Morgan fingerprint density at radius 1 is 0.902 bits per heavy atom. The van der Waals surface area contributed by atoms with Crippen molar-refractivity contribution in [1.82, 2.24) is 15.3 Å². The lowest BCUT2D eigenvalue weighted by atomic mass is 9.78. The quantitative estimate of drug-likeness (QED) is 0.301. The predicted octanol–water partition coefficient (Wildman–Crippen LogP) is 5.99. The van der Waals surface area contributed by atoms with Gasteiger partial charge in [0.15, 0.2) is 0 Å². The lowest BCUT2D eigenvalue weighted by Crippen LogP contribution is -2.50. The van der Waals surface area contributed by atoms with Crippen molar-refractivity contribution in [2.75, 3.05) is 6.61 Å². The van der Waals surface area contributed by atoms with Crippen LogP contribution in [0.3, 0.4) is 0 Å². The van der Waals surface area contributed by atoms with E-state index in [1.807, 2.05) is 45.0 Å². The normalized spacial score (nSPS) is 16.7. The van der Waals surface area contributed by atoms with Crippen LogP contribution >= 0.6 is 0 Å². The van der Waals surface area contributed by atoms with Crippen molar-refractivity contribution < 1.29 is 28.5 Å². The summed E-state index contributed by atoms with van der Waals surface area (Å²) in [4.78, 5) is 32.0. The third-order valence-electron chi connectivity index (χ3n) is 6.83. The van der Waals surface area contributed by atoms with Crippen LogP contribution in [0.25, 0.3) is 0 Å². The number of amides is 1. The van der Waals surface area contributed by atoms with Crippen molar-refractivity contribution >= 4 is 12.1 Å². The molecule has 1 heterocycles. The van der Waals surface area contributed by atoms with E-state index in [0.717, 1.165) is 29.7 Å². The predicted molar refractivity (Wildman–Crippen MR) is 154 cm³/mol. The summed E-state index contributed by atoms with van der Waals surface area (Å²) in [5.41, 5.74) is 2.14. The Balaban J connectivity index is 1.28. The molecule has 1 amide bonds. The van der Waals surface area contributed by atoms with E-state index in [1.165, 1.54) is 6.20 Å². The maximum atomic E-state index is 11.9. The van der Waals surface area contributed by atoms with Crippen LogP contribution in [-0.2, 0) is 21.5 Å². The highest BCUT2D eigenvalue weighted by molar-refractivity contribution is 5.85. The molecule has 41 heavy (non-hydrogen) atoms. The zero-order valence-electron chi connectivity index (χ0n) is 24.6. The number of rotatable bonds is 10. The maximum absolute atomic E-state index is 11.9. The van der Waals surface area contributed by atoms with Crippen LogP contribution in [0.5, 0.6) is 11.5 Å². The largest absolute Gasteiger partial charge is 0.490 e. The third-order valence-corrected chi connectivity index (χ3v) is 6.83. The monoisotopic (exact) mass is 561 g/mol. The molecule has 0 saturated heterocycles. The van der Waals surface area contributed by atoms with Gasteiger partial charge in [-0.05, 0) is 69.2 Å². The lowest BCUT2D eigenvalue weighted by molar-refractivity contribution is 0.0362. The minimum Gasteiger partial charge on any atom is -0.490 e. The van der Waals surface area contributed by atoms with Crippen LogP contribution in [0.15, 0.2) is 60.8 Å². The first-order valence-electron chi connectivity index (χ1n) is 13.9. The van der Waals surface area contributed by atoms with E-state index in [1.54, 1.807) is 13.0 Å². The molecule has 0 bridgehead atoms. The minimum absolute atomic E-state index is 0.0218. The average Bonchev–Trinajstić information content (AvgIpc) is 2.90. The van der Waals surface area contributed by atoms with E-state index in [-0.39, 0.29) is 42.7 Å². The van der Waals surface area contributed by atoms with Crippen molar-refractivity contribution in [1.29, 1.82) is 0 Å². The molecule has 0 radical (unpaired) electrons. The first kappa shape index (κ1) is 29.8. The first-order chi connectivity index (χ1) is 19.4. The molecule has 1 aromatic heterocycles. The second kappa shape index (κ2) is 12.6. The van der Waals surface area contributed by atoms with Crippen LogP contribution in [0.1, 0.15) is 81.8 Å². The summed E-state index contributed by atoms with van der Waals surface area (Å²) in [6, 6.07) is 17.9. The second-order valence-electron chi connectivity index (χ2n) is 11.6. The van der Waals surface area contributed by atoms with Crippen LogP contribution in [0.4, 0.5) is 4.79 Å². The molecular formula is C32H39N3O6. The topological polar surface area (TPSA) is 109 Å². The molecule has 2 aromatic carbocycles. The highest BCUT2D eigenvalue weighted by atomic mass is 16.6. The Hall–Kier alpha value is -4.14. The zero-order valence-corrected chi connectivity index (χ0v) is 24.6. The Bertz CT molecular complexity index is 1330. The number of hydrogen-bond donors (Lipinski definition) is 1. The van der Waals surface area contributed by atoms with Crippen LogP contribution in [0, 0.1) is 0 Å². The number of hydrogen-bond acceptors (Lipinski definition) is 8. The Kier molecular flexibility index (Phi) is 9.15. The Labute approximate surface area is 241 Å². The number of ether oxygens (including phenoxy) is 4. The molecule has 9 heteroatoms. The standard InChI is InChI=1S/C32H39N3O6/c1-7-38-29(36)28-33-17-16-23(34-28)20-39-25-12-8-21(9-13-25)32(5,6)22-10-14-26(15-11-22)40-27-18-24(19-27)35-30(37)41-31(2,3)4/h8-17,24,27H,7,18-20H2,1-6H3,(H,35,37). The van der Waals surface area contributed by atoms with Gasteiger partial charge in [-0.1, -0.05) is 38.1 Å². The number of nitrogens with zero attached hydrogens (tertiary/aromatic N) is 2. The smallest absolute Gasteiger partial charge is 0.407 e. The molecule has 0 atom stereocenters. The molecule has 1 saturated carbocycles. The van der Waals surface area contributed by atoms with E-state index >= 15 is 0 Å². The number of benzene rings is 2. The number of esters is 1. The second-order valence-corrected chi connectivity index (χ2v) is 11.6. The maximum Gasteiger partial charge on any atom is 0.407 e. The van der Waals surface area contributed by atoms with Gasteiger partial charge in [-0.2, -0.15) is 0 Å². The Morgan fingerprint density at radius 2 is 1.51 bits per heavy atom. The van der Waals surface area contributed by atoms with Gasteiger partial charge in [0.05, 0.1) is 12.3 Å². The summed E-state index contributed by atoms with van der Waals surface area (Å²) in [5.74, 6) is 0.979. The summed E-state index contributed by atoms with van der Waals surface area (Å²) in [6.07, 6.45) is 2.71. The molecule has 1 N–H and O–H groups in total. The van der Waals surface area contributed by atoms with Gasteiger partial charge in [-0.25, -0.2) is 19.6 Å². The Morgan fingerprint density at radius 3 is 2.10 bits per heavy atom. The number of carbonyl (C=O) groups is 2. The summed E-state index contributed by atoms with van der Waals surface area (Å²) >= 11 is 0. The number of carbonyl (C=O) groups excluding carboxylic acids is 2. The fraction of sp³-hybridized carbons (Fsp3) is 0.438.